The van der Waals surface area contributed by atoms with Crippen LogP contribution in [-0.4, -0.2) is 19.5 Å². The molecule has 2 aromatic heterocycles. The molecule has 1 aromatic carbocycles. The topological polar surface area (TPSA) is 83.5 Å². The van der Waals surface area contributed by atoms with Crippen LogP contribution in [0.3, 0.4) is 0 Å². The zero-order valence-corrected chi connectivity index (χ0v) is 10.4. The minimum atomic E-state index is -0.601. The first-order valence-corrected chi connectivity index (χ1v) is 5.92. The van der Waals surface area contributed by atoms with Gasteiger partial charge < -0.3 is 4.57 Å². The number of terminal acetylenes is 1. The van der Waals surface area contributed by atoms with Crippen LogP contribution < -0.4 is 11.2 Å². The van der Waals surface area contributed by atoms with Gasteiger partial charge in [0.2, 0.25) is 0 Å². The number of nitrogens with zero attached hydrogens (tertiary/aromatic N) is 2. The van der Waals surface area contributed by atoms with Crippen molar-refractivity contribution in [3.05, 3.63) is 62.6 Å². The fraction of sp³-hybridized carbons (Fsp3) is 0.0714. The Morgan fingerprint density at radius 1 is 1.20 bits per heavy atom. The third kappa shape index (κ3) is 1.91. The van der Waals surface area contributed by atoms with E-state index in [-0.39, 0.29) is 11.2 Å². The second-order valence-corrected chi connectivity index (χ2v) is 4.26. The van der Waals surface area contributed by atoms with Crippen molar-refractivity contribution in [1.82, 2.24) is 19.5 Å². The number of aromatic amines is 2. The van der Waals surface area contributed by atoms with E-state index in [9.17, 15) is 9.59 Å². The van der Waals surface area contributed by atoms with Crippen molar-refractivity contribution in [3.8, 4) is 12.3 Å². The summed E-state index contributed by atoms with van der Waals surface area (Å²) in [6.07, 6.45) is 5.42. The van der Waals surface area contributed by atoms with Crippen molar-refractivity contribution >= 4 is 11.2 Å². The van der Waals surface area contributed by atoms with Gasteiger partial charge in [-0.15, -0.1) is 6.42 Å². The molecule has 3 aromatic rings. The molecule has 0 fully saturated rings. The molecule has 6 heteroatoms. The lowest BCUT2D eigenvalue weighted by atomic mass is 10.2. The molecule has 0 unspecified atom stereocenters. The normalized spacial score (nSPS) is 10.6. The number of benzene rings is 1. The lowest BCUT2D eigenvalue weighted by molar-refractivity contribution is 0.805. The highest BCUT2D eigenvalue weighted by molar-refractivity contribution is 5.71. The molecule has 0 radical (unpaired) electrons. The minimum absolute atomic E-state index is 0.197. The molecule has 2 N–H and O–H groups in total. The van der Waals surface area contributed by atoms with Crippen LogP contribution in [0.15, 0.2) is 39.9 Å². The Bertz CT molecular complexity index is 926. The Hall–Kier alpha value is -3.07. The van der Waals surface area contributed by atoms with Crippen LogP contribution >= 0.6 is 0 Å². The number of hydrogen-bond acceptors (Lipinski definition) is 3. The first kappa shape index (κ1) is 12.0. The van der Waals surface area contributed by atoms with Gasteiger partial charge in [0.25, 0.3) is 5.56 Å². The highest BCUT2D eigenvalue weighted by atomic mass is 16.2. The Morgan fingerprint density at radius 2 is 1.95 bits per heavy atom. The highest BCUT2D eigenvalue weighted by Crippen LogP contribution is 2.11. The molecule has 0 aliphatic carbocycles. The zero-order chi connectivity index (χ0) is 14.1. The molecule has 3 rings (SSSR count). The molecule has 98 valence electrons. The van der Waals surface area contributed by atoms with Crippen LogP contribution in [0, 0.1) is 12.3 Å². The number of H-pyrrole nitrogens is 2. The monoisotopic (exact) mass is 266 g/mol. The summed E-state index contributed by atoms with van der Waals surface area (Å²) < 4.78 is 1.61. The van der Waals surface area contributed by atoms with Gasteiger partial charge in [-0.25, -0.2) is 9.78 Å². The predicted octanol–water partition coefficient (Wildman–Crippen LogP) is 0.442. The number of hydrogen-bond donors (Lipinski definition) is 2. The first-order chi connectivity index (χ1) is 9.69. The minimum Gasteiger partial charge on any atom is -0.307 e. The second kappa shape index (κ2) is 4.55. The van der Waals surface area contributed by atoms with Gasteiger partial charge in [-0.2, -0.15) is 0 Å². The van der Waals surface area contributed by atoms with Crippen LogP contribution in [0.1, 0.15) is 11.4 Å². The van der Waals surface area contributed by atoms with Crippen molar-refractivity contribution in [2.24, 2.45) is 0 Å². The molecular formula is C14H10N4O2. The molecule has 6 nitrogen and oxygen atoms in total. The van der Waals surface area contributed by atoms with Crippen molar-refractivity contribution in [3.63, 3.8) is 0 Å². The fourth-order valence-electron chi connectivity index (χ4n) is 2.10. The van der Waals surface area contributed by atoms with Crippen LogP contribution in [0.5, 0.6) is 0 Å². The quantitative estimate of drug-likeness (QED) is 0.660. The maximum Gasteiger partial charge on any atom is 0.327 e. The summed E-state index contributed by atoms with van der Waals surface area (Å²) in [6.45, 7) is 0.409. The second-order valence-electron chi connectivity index (χ2n) is 4.26. The largest absolute Gasteiger partial charge is 0.327 e. The van der Waals surface area contributed by atoms with Crippen LogP contribution in [0.25, 0.3) is 11.2 Å². The molecular weight excluding hydrogens is 256 g/mol. The maximum absolute atomic E-state index is 11.9. The van der Waals surface area contributed by atoms with Crippen molar-refractivity contribution in [2.75, 3.05) is 0 Å². The molecule has 0 amide bonds. The molecule has 0 spiro atoms. The van der Waals surface area contributed by atoms with Gasteiger partial charge in [0.15, 0.2) is 17.0 Å². The van der Waals surface area contributed by atoms with Gasteiger partial charge in [0.05, 0.1) is 6.54 Å². The van der Waals surface area contributed by atoms with Crippen molar-refractivity contribution in [2.45, 2.75) is 6.54 Å². The van der Waals surface area contributed by atoms with E-state index in [0.717, 1.165) is 5.56 Å². The first-order valence-electron chi connectivity index (χ1n) is 5.92. The summed E-state index contributed by atoms with van der Waals surface area (Å²) in [4.78, 5) is 31.9. The number of imidazole rings is 1. The summed E-state index contributed by atoms with van der Waals surface area (Å²) in [5.41, 5.74) is 0.335. The summed E-state index contributed by atoms with van der Waals surface area (Å²) in [5, 5.41) is 0. The Morgan fingerprint density at radius 3 is 2.65 bits per heavy atom. The van der Waals surface area contributed by atoms with Gasteiger partial charge in [-0.3, -0.25) is 14.8 Å². The van der Waals surface area contributed by atoms with Crippen LogP contribution in [0.2, 0.25) is 0 Å². The molecule has 0 saturated carbocycles. The maximum atomic E-state index is 11.9. The molecule has 0 aliphatic heterocycles. The summed E-state index contributed by atoms with van der Waals surface area (Å²) in [6, 6.07) is 9.55. The van der Waals surface area contributed by atoms with Gasteiger partial charge in [-0.1, -0.05) is 30.3 Å². The summed E-state index contributed by atoms with van der Waals surface area (Å²) in [5.74, 6) is 2.73. The van der Waals surface area contributed by atoms with Gasteiger partial charge in [-0.05, 0) is 11.5 Å². The SMILES string of the molecule is C#Cc1nc2[nH]c(=O)[nH]c(=O)c2n1Cc1ccccc1. The lowest BCUT2D eigenvalue weighted by Crippen LogP contribution is -2.23. The van der Waals surface area contributed by atoms with Crippen LogP contribution in [-0.2, 0) is 6.54 Å². The predicted molar refractivity (Wildman–Crippen MR) is 74.5 cm³/mol. The average Bonchev–Trinajstić information content (AvgIpc) is 2.77. The fourth-order valence-corrected chi connectivity index (χ4v) is 2.10. The number of nitrogens with one attached hydrogen (secondary N) is 2. The summed E-state index contributed by atoms with van der Waals surface area (Å²) in [7, 11) is 0. The Balaban J connectivity index is 2.27. The lowest BCUT2D eigenvalue weighted by Gasteiger charge is -2.05. The number of rotatable bonds is 2. The van der Waals surface area contributed by atoms with E-state index in [1.54, 1.807) is 4.57 Å². The van der Waals surface area contributed by atoms with Crippen LogP contribution in [0.4, 0.5) is 0 Å². The van der Waals surface area contributed by atoms with E-state index in [1.165, 1.54) is 0 Å². The van der Waals surface area contributed by atoms with E-state index in [1.807, 2.05) is 30.3 Å². The molecule has 0 saturated heterocycles. The molecule has 20 heavy (non-hydrogen) atoms. The van der Waals surface area contributed by atoms with Gasteiger partial charge in [0, 0.05) is 0 Å². The highest BCUT2D eigenvalue weighted by Gasteiger charge is 2.13. The average molecular weight is 266 g/mol. The van der Waals surface area contributed by atoms with E-state index in [2.05, 4.69) is 20.9 Å². The van der Waals surface area contributed by atoms with E-state index in [4.69, 9.17) is 6.42 Å². The van der Waals surface area contributed by atoms with E-state index in [0.29, 0.717) is 12.4 Å². The zero-order valence-electron chi connectivity index (χ0n) is 10.4. The standard InChI is InChI=1S/C14H10N4O2/c1-2-10-15-12-11(13(19)17-14(20)16-12)18(10)8-9-6-4-3-5-7-9/h1,3-7H,8H2,(H2,16,17,19,20). The van der Waals surface area contributed by atoms with Gasteiger partial charge >= 0.3 is 5.69 Å². The van der Waals surface area contributed by atoms with E-state index >= 15 is 0 Å². The van der Waals surface area contributed by atoms with Gasteiger partial charge in [0.1, 0.15) is 0 Å². The Labute approximate surface area is 113 Å². The third-order valence-electron chi connectivity index (χ3n) is 2.95. The smallest absolute Gasteiger partial charge is 0.307 e. The third-order valence-corrected chi connectivity index (χ3v) is 2.95. The Kier molecular flexibility index (Phi) is 2.73. The van der Waals surface area contributed by atoms with Crippen molar-refractivity contribution in [1.29, 1.82) is 0 Å². The van der Waals surface area contributed by atoms with Crippen molar-refractivity contribution < 1.29 is 0 Å². The molecule has 2 heterocycles. The summed E-state index contributed by atoms with van der Waals surface area (Å²) >= 11 is 0. The van der Waals surface area contributed by atoms with E-state index < -0.39 is 11.2 Å². The number of aromatic nitrogens is 4. The molecule has 0 bridgehead atoms. The molecule has 0 aliphatic rings. The molecule has 0 atom stereocenters. The number of fused-ring (bicyclic) bond motifs is 1.